The molecule has 2 rings (SSSR count). The van der Waals surface area contributed by atoms with Crippen LogP contribution in [0, 0.1) is 0 Å². The maximum atomic E-state index is 5.75. The van der Waals surface area contributed by atoms with Gasteiger partial charge in [0.25, 0.3) is 0 Å². The van der Waals surface area contributed by atoms with Gasteiger partial charge in [-0.3, -0.25) is 0 Å². The molecule has 4 nitrogen and oxygen atoms in total. The van der Waals surface area contributed by atoms with Crippen molar-refractivity contribution >= 4 is 15.9 Å². The van der Waals surface area contributed by atoms with Crippen molar-refractivity contribution in [3.05, 3.63) is 40.8 Å². The van der Waals surface area contributed by atoms with Crippen molar-refractivity contribution in [3.8, 4) is 17.4 Å². The summed E-state index contributed by atoms with van der Waals surface area (Å²) in [7, 11) is 0. The fraction of sp³-hybridized carbons (Fsp3) is 0.333. The van der Waals surface area contributed by atoms with E-state index in [1.165, 1.54) is 0 Å². The molecule has 0 bridgehead atoms. The second-order valence-electron chi connectivity index (χ2n) is 4.55. The van der Waals surface area contributed by atoms with Gasteiger partial charge in [-0.15, -0.1) is 0 Å². The number of hydrogen-bond donors (Lipinski definition) is 0. The fourth-order valence-corrected chi connectivity index (χ4v) is 1.99. The molecule has 0 radical (unpaired) electrons. The number of ether oxygens (including phenoxy) is 2. The third-order valence-corrected chi connectivity index (χ3v) is 2.97. The van der Waals surface area contributed by atoms with Gasteiger partial charge in [-0.25, -0.2) is 4.98 Å². The van der Waals surface area contributed by atoms with Crippen LogP contribution in [0.1, 0.15) is 32.5 Å². The van der Waals surface area contributed by atoms with E-state index in [1.807, 2.05) is 45.0 Å². The lowest BCUT2D eigenvalue weighted by Gasteiger charge is -2.09. The summed E-state index contributed by atoms with van der Waals surface area (Å²) in [6.45, 7) is 6.69. The Hall–Kier alpha value is -1.62. The van der Waals surface area contributed by atoms with E-state index in [2.05, 4.69) is 25.9 Å². The molecule has 5 heteroatoms. The van der Waals surface area contributed by atoms with E-state index in [9.17, 15) is 0 Å². The zero-order chi connectivity index (χ0) is 14.5. The Kier molecular flexibility index (Phi) is 4.95. The van der Waals surface area contributed by atoms with Gasteiger partial charge in [0.05, 0.1) is 6.61 Å². The maximum Gasteiger partial charge on any atom is 0.223 e. The van der Waals surface area contributed by atoms with Crippen molar-refractivity contribution in [2.24, 2.45) is 0 Å². The summed E-state index contributed by atoms with van der Waals surface area (Å²) < 4.78 is 11.9. The van der Waals surface area contributed by atoms with Gasteiger partial charge in [-0.05, 0) is 47.1 Å². The van der Waals surface area contributed by atoms with E-state index in [0.717, 1.165) is 16.2 Å². The lowest BCUT2D eigenvalue weighted by molar-refractivity contribution is 0.339. The Balaban J connectivity index is 2.16. The molecule has 106 valence electrons. The molecule has 20 heavy (non-hydrogen) atoms. The first-order valence-corrected chi connectivity index (χ1v) is 7.33. The molecule has 0 fully saturated rings. The van der Waals surface area contributed by atoms with Crippen molar-refractivity contribution < 1.29 is 9.47 Å². The standard InChI is InChI=1S/C15H17BrN2O2/c1-4-19-11-5-7-12(8-6-11)20-14-9-13(16)17-15(18-14)10(2)3/h5-10H,4H2,1-3H3. The molecular formula is C15H17BrN2O2. The van der Waals surface area contributed by atoms with Crippen LogP contribution in [0.25, 0.3) is 0 Å². The van der Waals surface area contributed by atoms with Gasteiger partial charge < -0.3 is 9.47 Å². The predicted octanol–water partition coefficient (Wildman–Crippen LogP) is 4.55. The Morgan fingerprint density at radius 1 is 1.10 bits per heavy atom. The molecule has 0 spiro atoms. The molecule has 0 atom stereocenters. The summed E-state index contributed by atoms with van der Waals surface area (Å²) >= 11 is 3.38. The minimum atomic E-state index is 0.246. The van der Waals surface area contributed by atoms with E-state index >= 15 is 0 Å². The molecule has 0 aliphatic carbocycles. The second-order valence-corrected chi connectivity index (χ2v) is 5.36. The fourth-order valence-electron chi connectivity index (χ4n) is 1.62. The second kappa shape index (κ2) is 6.70. The first kappa shape index (κ1) is 14.8. The van der Waals surface area contributed by atoms with E-state index in [0.29, 0.717) is 18.2 Å². The van der Waals surface area contributed by atoms with Crippen LogP contribution in [-0.2, 0) is 0 Å². The topological polar surface area (TPSA) is 44.2 Å². The van der Waals surface area contributed by atoms with Gasteiger partial charge >= 0.3 is 0 Å². The number of nitrogens with zero attached hydrogens (tertiary/aromatic N) is 2. The number of benzene rings is 1. The zero-order valence-electron chi connectivity index (χ0n) is 11.8. The zero-order valence-corrected chi connectivity index (χ0v) is 13.3. The van der Waals surface area contributed by atoms with Crippen molar-refractivity contribution in [2.75, 3.05) is 6.61 Å². The van der Waals surface area contributed by atoms with Crippen LogP contribution in [0.15, 0.2) is 34.9 Å². The van der Waals surface area contributed by atoms with Gasteiger partial charge in [0.1, 0.15) is 21.9 Å². The molecule has 0 N–H and O–H groups in total. The van der Waals surface area contributed by atoms with E-state index in [4.69, 9.17) is 9.47 Å². The Labute approximate surface area is 127 Å². The number of aromatic nitrogens is 2. The van der Waals surface area contributed by atoms with Gasteiger partial charge in [0.15, 0.2) is 0 Å². The predicted molar refractivity (Wildman–Crippen MR) is 81.5 cm³/mol. The Bertz CT molecular complexity index is 571. The smallest absolute Gasteiger partial charge is 0.223 e. The highest BCUT2D eigenvalue weighted by molar-refractivity contribution is 9.10. The molecule has 1 heterocycles. The minimum Gasteiger partial charge on any atom is -0.494 e. The van der Waals surface area contributed by atoms with Crippen LogP contribution < -0.4 is 9.47 Å². The first-order valence-electron chi connectivity index (χ1n) is 6.53. The summed E-state index contributed by atoms with van der Waals surface area (Å²) in [6.07, 6.45) is 0. The third-order valence-electron chi connectivity index (χ3n) is 2.56. The van der Waals surface area contributed by atoms with Crippen molar-refractivity contribution in [2.45, 2.75) is 26.7 Å². The normalized spacial score (nSPS) is 10.7. The highest BCUT2D eigenvalue weighted by atomic mass is 79.9. The van der Waals surface area contributed by atoms with Crippen LogP contribution in [0.3, 0.4) is 0 Å². The third kappa shape index (κ3) is 3.93. The Morgan fingerprint density at radius 2 is 1.75 bits per heavy atom. The van der Waals surface area contributed by atoms with Crippen LogP contribution in [-0.4, -0.2) is 16.6 Å². The molecule has 0 aliphatic heterocycles. The quantitative estimate of drug-likeness (QED) is 0.751. The molecule has 2 aromatic rings. The first-order chi connectivity index (χ1) is 9.58. The molecule has 1 aromatic carbocycles. The van der Waals surface area contributed by atoms with E-state index in [-0.39, 0.29) is 5.92 Å². The Morgan fingerprint density at radius 3 is 2.35 bits per heavy atom. The average molecular weight is 337 g/mol. The summed E-state index contributed by atoms with van der Waals surface area (Å²) in [5.74, 6) is 3.07. The van der Waals surface area contributed by atoms with Crippen molar-refractivity contribution in [1.29, 1.82) is 0 Å². The summed E-state index contributed by atoms with van der Waals surface area (Å²) in [4.78, 5) is 8.71. The lowest BCUT2D eigenvalue weighted by atomic mass is 10.2. The largest absolute Gasteiger partial charge is 0.494 e. The lowest BCUT2D eigenvalue weighted by Crippen LogP contribution is -2.00. The van der Waals surface area contributed by atoms with Crippen molar-refractivity contribution in [1.82, 2.24) is 9.97 Å². The highest BCUT2D eigenvalue weighted by Crippen LogP contribution is 2.25. The molecular weight excluding hydrogens is 320 g/mol. The molecule has 1 aromatic heterocycles. The molecule has 0 saturated heterocycles. The molecule has 0 aliphatic rings. The van der Waals surface area contributed by atoms with Gasteiger partial charge in [0.2, 0.25) is 5.88 Å². The number of halogens is 1. The molecule has 0 amide bonds. The highest BCUT2D eigenvalue weighted by Gasteiger charge is 2.08. The summed E-state index contributed by atoms with van der Waals surface area (Å²) in [5.41, 5.74) is 0. The SMILES string of the molecule is CCOc1ccc(Oc2cc(Br)nc(C(C)C)n2)cc1. The summed E-state index contributed by atoms with van der Waals surface area (Å²) in [5, 5.41) is 0. The van der Waals surface area contributed by atoms with Crippen LogP contribution >= 0.6 is 15.9 Å². The number of hydrogen-bond acceptors (Lipinski definition) is 4. The average Bonchev–Trinajstić information content (AvgIpc) is 2.40. The van der Waals surface area contributed by atoms with Crippen molar-refractivity contribution in [3.63, 3.8) is 0 Å². The van der Waals surface area contributed by atoms with E-state index in [1.54, 1.807) is 6.07 Å². The molecule has 0 saturated carbocycles. The summed E-state index contributed by atoms with van der Waals surface area (Å²) in [6, 6.07) is 9.21. The minimum absolute atomic E-state index is 0.246. The van der Waals surface area contributed by atoms with Crippen LogP contribution in [0.2, 0.25) is 0 Å². The molecule has 0 unspecified atom stereocenters. The van der Waals surface area contributed by atoms with E-state index < -0.39 is 0 Å². The van der Waals surface area contributed by atoms with Crippen LogP contribution in [0.4, 0.5) is 0 Å². The number of rotatable bonds is 5. The van der Waals surface area contributed by atoms with Gasteiger partial charge in [-0.1, -0.05) is 13.8 Å². The van der Waals surface area contributed by atoms with Gasteiger partial charge in [-0.2, -0.15) is 4.98 Å². The monoisotopic (exact) mass is 336 g/mol. The maximum absolute atomic E-state index is 5.75. The van der Waals surface area contributed by atoms with Gasteiger partial charge in [0, 0.05) is 12.0 Å². The van der Waals surface area contributed by atoms with Crippen LogP contribution in [0.5, 0.6) is 17.4 Å².